The Bertz CT molecular complexity index is 1410. The molecular weight excluding hydrogens is 616 g/mol. The molecule has 3 aromatic carbocycles. The summed E-state index contributed by atoms with van der Waals surface area (Å²) in [5.41, 5.74) is 2.50. The monoisotopic (exact) mass is 670 g/mol. The summed E-state index contributed by atoms with van der Waals surface area (Å²) in [5.74, 6) is -6.26. The van der Waals surface area contributed by atoms with E-state index in [0.29, 0.717) is 24.7 Å². The molecule has 0 saturated carbocycles. The molecule has 0 spiro atoms. The van der Waals surface area contributed by atoms with Gasteiger partial charge < -0.3 is 14.2 Å². The lowest BCUT2D eigenvalue weighted by Crippen LogP contribution is -2.22. The van der Waals surface area contributed by atoms with E-state index in [1.54, 1.807) is 20.8 Å². The van der Waals surface area contributed by atoms with E-state index in [1.807, 2.05) is 69.3 Å². The van der Waals surface area contributed by atoms with E-state index >= 15 is 0 Å². The van der Waals surface area contributed by atoms with Gasteiger partial charge in [-0.15, -0.1) is 6.58 Å². The molecule has 3 nitrogen and oxygen atoms in total. The normalized spacial score (nSPS) is 11.4. The van der Waals surface area contributed by atoms with Crippen molar-refractivity contribution in [1.82, 2.24) is 0 Å². The maximum absolute atomic E-state index is 13.5. The quantitative estimate of drug-likeness (QED) is 0.115. The van der Waals surface area contributed by atoms with E-state index in [4.69, 9.17) is 14.2 Å². The van der Waals surface area contributed by atoms with Crippen LogP contribution < -0.4 is 9.47 Å². The van der Waals surface area contributed by atoms with Crippen molar-refractivity contribution in [2.75, 3.05) is 6.61 Å². The number of halogens is 4. The van der Waals surface area contributed by atoms with E-state index in [-0.39, 0.29) is 12.2 Å². The van der Waals surface area contributed by atoms with Crippen LogP contribution in [0.5, 0.6) is 11.5 Å². The second-order valence-electron chi connectivity index (χ2n) is 14.7. The Hall–Kier alpha value is -3.84. The number of allylic oxidation sites excluding steroid dienone is 1. The van der Waals surface area contributed by atoms with Crippen molar-refractivity contribution in [3.8, 4) is 11.5 Å². The van der Waals surface area contributed by atoms with Gasteiger partial charge in [0.25, 0.3) is 0 Å². The molecule has 3 aromatic rings. The van der Waals surface area contributed by atoms with Gasteiger partial charge in [-0.1, -0.05) is 109 Å². The van der Waals surface area contributed by atoms with Crippen LogP contribution in [-0.2, 0) is 18.0 Å². The highest BCUT2D eigenvalue weighted by atomic mass is 19.2. The molecule has 264 valence electrons. The van der Waals surface area contributed by atoms with E-state index < -0.39 is 40.0 Å². The van der Waals surface area contributed by atoms with Crippen LogP contribution in [0.2, 0.25) is 0 Å². The number of hydrogen-bond acceptors (Lipinski definition) is 3. The van der Waals surface area contributed by atoms with Crippen LogP contribution in [0.3, 0.4) is 0 Å². The first-order valence-electron chi connectivity index (χ1n) is 16.0. The van der Waals surface area contributed by atoms with E-state index in [0.717, 1.165) is 23.3 Å². The summed E-state index contributed by atoms with van der Waals surface area (Å²) in [4.78, 5) is 0. The average Bonchev–Trinajstić information content (AvgIpc) is 2.99. The Morgan fingerprint density at radius 2 is 1.10 bits per heavy atom. The van der Waals surface area contributed by atoms with Gasteiger partial charge in [0.15, 0.2) is 17.4 Å². The lowest BCUT2D eigenvalue weighted by Gasteiger charge is -2.21. The zero-order valence-corrected chi connectivity index (χ0v) is 30.2. The number of hydrogen-bond donors (Lipinski definition) is 0. The average molecular weight is 671 g/mol. The fourth-order valence-electron chi connectivity index (χ4n) is 3.80. The van der Waals surface area contributed by atoms with Crippen LogP contribution in [0.25, 0.3) is 12.2 Å². The molecule has 0 unspecified atom stereocenters. The smallest absolute Gasteiger partial charge is 0.204 e. The zero-order chi connectivity index (χ0) is 36.7. The molecule has 0 amide bonds. The summed E-state index contributed by atoms with van der Waals surface area (Å²) in [6, 6.07) is 16.3. The molecule has 0 saturated heterocycles. The Balaban J connectivity index is 0.000000398. The molecule has 0 bridgehead atoms. The highest BCUT2D eigenvalue weighted by Gasteiger charge is 2.26. The highest BCUT2D eigenvalue weighted by molar-refractivity contribution is 5.52. The Kier molecular flexibility index (Phi) is 16.9. The fourth-order valence-corrected chi connectivity index (χ4v) is 3.80. The molecule has 7 heteroatoms. The summed E-state index contributed by atoms with van der Waals surface area (Å²) in [5, 5.41) is 0. The van der Waals surface area contributed by atoms with Crippen LogP contribution in [0.1, 0.15) is 97.4 Å². The molecule has 0 atom stereocenters. The molecule has 0 aliphatic carbocycles. The van der Waals surface area contributed by atoms with Gasteiger partial charge in [-0.3, -0.25) is 0 Å². The largest absolute Gasteiger partial charge is 0.488 e. The third-order valence-electron chi connectivity index (χ3n) is 6.31. The van der Waals surface area contributed by atoms with E-state index in [1.165, 1.54) is 12.0 Å². The first kappa shape index (κ1) is 42.2. The summed E-state index contributed by atoms with van der Waals surface area (Å²) >= 11 is 0. The number of ether oxygens (including phenoxy) is 3. The minimum absolute atomic E-state index is 0.0762. The SMILES string of the molecule is C=CCCC(C)(C)C.C=Cc1c(F)c(F)c(OCC(C)(C)C)c(F)c1F.C=Cc1ccc(COCc2ccc(OC(C)(C)C)cc2)cc1. The Morgan fingerprint density at radius 3 is 1.46 bits per heavy atom. The number of benzene rings is 3. The summed E-state index contributed by atoms with van der Waals surface area (Å²) in [6.45, 7) is 29.8. The zero-order valence-electron chi connectivity index (χ0n) is 30.2. The van der Waals surface area contributed by atoms with Gasteiger partial charge in [0.2, 0.25) is 11.6 Å². The second kappa shape index (κ2) is 19.2. The summed E-state index contributed by atoms with van der Waals surface area (Å²) in [6.07, 6.45) is 6.92. The maximum atomic E-state index is 13.5. The van der Waals surface area contributed by atoms with Crippen LogP contribution >= 0.6 is 0 Å². The first-order chi connectivity index (χ1) is 22.2. The van der Waals surface area contributed by atoms with Crippen LogP contribution in [-0.4, -0.2) is 12.2 Å². The lowest BCUT2D eigenvalue weighted by molar-refractivity contribution is 0.107. The van der Waals surface area contributed by atoms with Crippen molar-refractivity contribution in [3.63, 3.8) is 0 Å². The molecule has 48 heavy (non-hydrogen) atoms. The van der Waals surface area contributed by atoms with Crippen LogP contribution in [0.4, 0.5) is 17.6 Å². The maximum Gasteiger partial charge on any atom is 0.204 e. The van der Waals surface area contributed by atoms with Gasteiger partial charge in [-0.2, -0.15) is 8.78 Å². The van der Waals surface area contributed by atoms with E-state index in [9.17, 15) is 17.6 Å². The topological polar surface area (TPSA) is 27.7 Å². The predicted molar refractivity (Wildman–Crippen MR) is 192 cm³/mol. The third kappa shape index (κ3) is 16.3. The minimum Gasteiger partial charge on any atom is -0.488 e. The second-order valence-corrected chi connectivity index (χ2v) is 14.7. The summed E-state index contributed by atoms with van der Waals surface area (Å²) < 4.78 is 70.2. The van der Waals surface area contributed by atoms with Crippen molar-refractivity contribution in [3.05, 3.63) is 120 Å². The van der Waals surface area contributed by atoms with Crippen molar-refractivity contribution >= 4 is 12.2 Å². The standard InChI is InChI=1S/C20H24O2.C13H14F4O.C8H16/c1-5-16-6-8-17(9-7-16)14-21-15-18-10-12-19(13-11-18)22-20(2,3)4;1-5-7-8(14)10(16)12(11(17)9(7)15)18-6-13(2,3)4;1-5-6-7-8(2,3)4/h5-13H,1,14-15H2,2-4H3;5H,1,6H2,2-4H3;5H,1,6-7H2,2-4H3. The molecule has 0 fully saturated rings. The van der Waals surface area contributed by atoms with Crippen LogP contribution in [0, 0.1) is 34.1 Å². The highest BCUT2D eigenvalue weighted by Crippen LogP contribution is 2.31. The Morgan fingerprint density at radius 1 is 0.625 bits per heavy atom. The van der Waals surface area contributed by atoms with Gasteiger partial charge in [0.1, 0.15) is 11.4 Å². The Labute approximate surface area is 286 Å². The lowest BCUT2D eigenvalue weighted by atomic mass is 9.91. The van der Waals surface area contributed by atoms with Crippen LogP contribution in [0.15, 0.2) is 74.3 Å². The molecule has 0 heterocycles. The minimum atomic E-state index is -1.55. The van der Waals surface area contributed by atoms with Crippen molar-refractivity contribution < 1.29 is 31.8 Å². The van der Waals surface area contributed by atoms with Crippen molar-refractivity contribution in [2.24, 2.45) is 10.8 Å². The molecule has 3 rings (SSSR count). The third-order valence-corrected chi connectivity index (χ3v) is 6.31. The van der Waals surface area contributed by atoms with Gasteiger partial charge >= 0.3 is 0 Å². The molecule has 0 aromatic heterocycles. The van der Waals surface area contributed by atoms with Crippen molar-refractivity contribution in [2.45, 2.75) is 94.0 Å². The first-order valence-corrected chi connectivity index (χ1v) is 16.0. The molecule has 0 aliphatic rings. The van der Waals surface area contributed by atoms with Gasteiger partial charge in [-0.25, -0.2) is 8.78 Å². The fraction of sp³-hybridized carbons (Fsp3) is 0.415. The van der Waals surface area contributed by atoms with Crippen molar-refractivity contribution in [1.29, 1.82) is 0 Å². The molecule has 0 radical (unpaired) electrons. The number of rotatable bonds is 11. The molecular formula is C41H54F4O3. The van der Waals surface area contributed by atoms with Gasteiger partial charge in [0.05, 0.1) is 25.4 Å². The van der Waals surface area contributed by atoms with E-state index in [2.05, 4.69) is 52.6 Å². The predicted octanol–water partition coefficient (Wildman–Crippen LogP) is 12.5. The molecule has 0 aliphatic heterocycles. The van der Waals surface area contributed by atoms with Gasteiger partial charge in [0, 0.05) is 0 Å². The summed E-state index contributed by atoms with van der Waals surface area (Å²) in [7, 11) is 0. The van der Waals surface area contributed by atoms with Gasteiger partial charge in [-0.05, 0) is 73.3 Å². The molecule has 0 N–H and O–H groups in total.